The summed E-state index contributed by atoms with van der Waals surface area (Å²) in [5, 5.41) is 3.83. The van der Waals surface area contributed by atoms with Crippen molar-refractivity contribution in [2.75, 3.05) is 6.54 Å². The van der Waals surface area contributed by atoms with Gasteiger partial charge >= 0.3 is 0 Å². The highest BCUT2D eigenvalue weighted by molar-refractivity contribution is 5.55. The van der Waals surface area contributed by atoms with E-state index < -0.39 is 0 Å². The molecule has 5 nitrogen and oxygen atoms in total. The average Bonchev–Trinajstić information content (AvgIpc) is 2.68. The molecule has 2 aromatic rings. The summed E-state index contributed by atoms with van der Waals surface area (Å²) in [5.74, 6) is 1.14. The van der Waals surface area contributed by atoms with E-state index in [-0.39, 0.29) is 0 Å². The van der Waals surface area contributed by atoms with Gasteiger partial charge in [0.05, 0.1) is 5.56 Å². The van der Waals surface area contributed by atoms with Crippen molar-refractivity contribution in [2.45, 2.75) is 13.3 Å². The van der Waals surface area contributed by atoms with Crippen LogP contribution in [0.4, 0.5) is 0 Å². The lowest BCUT2D eigenvalue weighted by Gasteiger charge is -1.96. The van der Waals surface area contributed by atoms with Gasteiger partial charge < -0.3 is 10.3 Å². The molecule has 2 rings (SSSR count). The van der Waals surface area contributed by atoms with Crippen molar-refractivity contribution in [3.05, 3.63) is 29.8 Å². The molecular weight excluding hydrogens is 192 g/mol. The normalized spacial score (nSPS) is 10.5. The largest absolute Gasteiger partial charge is 0.334 e. The molecule has 0 atom stereocenters. The van der Waals surface area contributed by atoms with Gasteiger partial charge in [-0.15, -0.1) is 0 Å². The molecule has 2 N–H and O–H groups in total. The van der Waals surface area contributed by atoms with E-state index in [2.05, 4.69) is 15.1 Å². The molecule has 0 unspecified atom stereocenters. The Morgan fingerprint density at radius 1 is 1.47 bits per heavy atom. The van der Waals surface area contributed by atoms with Crippen LogP contribution in [0.2, 0.25) is 0 Å². The van der Waals surface area contributed by atoms with Gasteiger partial charge in [0, 0.05) is 18.3 Å². The van der Waals surface area contributed by atoms with E-state index in [0.717, 1.165) is 11.3 Å². The maximum Gasteiger partial charge on any atom is 0.259 e. The van der Waals surface area contributed by atoms with E-state index in [0.29, 0.717) is 24.7 Å². The van der Waals surface area contributed by atoms with Gasteiger partial charge in [-0.25, -0.2) is 0 Å². The Kier molecular flexibility index (Phi) is 2.73. The number of rotatable bonds is 3. The number of nitrogens with zero attached hydrogens (tertiary/aromatic N) is 3. The molecular formula is C10H12N4O. The third-order valence-corrected chi connectivity index (χ3v) is 2.07. The smallest absolute Gasteiger partial charge is 0.259 e. The van der Waals surface area contributed by atoms with Crippen LogP contribution >= 0.6 is 0 Å². The van der Waals surface area contributed by atoms with Crippen molar-refractivity contribution in [3.63, 3.8) is 0 Å². The van der Waals surface area contributed by atoms with Crippen LogP contribution in [0.3, 0.4) is 0 Å². The fourth-order valence-corrected chi connectivity index (χ4v) is 1.30. The van der Waals surface area contributed by atoms with E-state index in [1.807, 2.05) is 19.1 Å². The summed E-state index contributed by atoms with van der Waals surface area (Å²) >= 11 is 0. The van der Waals surface area contributed by atoms with E-state index >= 15 is 0 Å². The monoisotopic (exact) mass is 204 g/mol. The van der Waals surface area contributed by atoms with E-state index in [9.17, 15) is 0 Å². The summed E-state index contributed by atoms with van der Waals surface area (Å²) in [6.07, 6.45) is 2.36. The second-order valence-corrected chi connectivity index (χ2v) is 3.19. The quantitative estimate of drug-likeness (QED) is 0.805. The van der Waals surface area contributed by atoms with Gasteiger partial charge in [-0.1, -0.05) is 5.16 Å². The first-order valence-corrected chi connectivity index (χ1v) is 4.76. The lowest BCUT2D eigenvalue weighted by Crippen LogP contribution is -2.03. The second kappa shape index (κ2) is 4.18. The van der Waals surface area contributed by atoms with E-state index in [1.54, 1.807) is 6.20 Å². The lowest BCUT2D eigenvalue weighted by atomic mass is 10.2. The summed E-state index contributed by atoms with van der Waals surface area (Å²) in [5.41, 5.74) is 7.15. The third kappa shape index (κ3) is 2.02. The molecule has 0 radical (unpaired) electrons. The molecule has 0 aliphatic carbocycles. The van der Waals surface area contributed by atoms with Gasteiger partial charge in [0.2, 0.25) is 0 Å². The first-order valence-electron chi connectivity index (χ1n) is 4.76. The third-order valence-electron chi connectivity index (χ3n) is 2.07. The molecule has 0 aliphatic rings. The van der Waals surface area contributed by atoms with Crippen LogP contribution in [0.15, 0.2) is 22.9 Å². The zero-order chi connectivity index (χ0) is 10.7. The van der Waals surface area contributed by atoms with Crippen LogP contribution in [0.1, 0.15) is 11.5 Å². The number of nitrogens with two attached hydrogens (primary N) is 1. The van der Waals surface area contributed by atoms with E-state index in [1.165, 1.54) is 0 Å². The first-order chi connectivity index (χ1) is 7.31. The number of aromatic nitrogens is 3. The molecule has 0 spiro atoms. The Bertz CT molecular complexity index is 452. The highest BCUT2D eigenvalue weighted by Crippen LogP contribution is 2.19. The fourth-order valence-electron chi connectivity index (χ4n) is 1.30. The van der Waals surface area contributed by atoms with Crippen molar-refractivity contribution in [1.29, 1.82) is 0 Å². The maximum atomic E-state index is 5.40. The standard InChI is InChI=1S/C10H12N4O/c1-7-8(3-2-6-12-7)10-13-9(4-5-11)14-15-10/h2-3,6H,4-5,11H2,1H3. The summed E-state index contributed by atoms with van der Waals surface area (Å²) in [6, 6.07) is 3.75. The highest BCUT2D eigenvalue weighted by atomic mass is 16.5. The SMILES string of the molecule is Cc1ncccc1-c1nc(CCN)no1. The van der Waals surface area contributed by atoms with Crippen molar-refractivity contribution in [1.82, 2.24) is 15.1 Å². The highest BCUT2D eigenvalue weighted by Gasteiger charge is 2.10. The summed E-state index contributed by atoms with van der Waals surface area (Å²) in [4.78, 5) is 8.39. The molecule has 5 heteroatoms. The van der Waals surface area contributed by atoms with Crippen molar-refractivity contribution in [2.24, 2.45) is 5.73 Å². The van der Waals surface area contributed by atoms with Gasteiger partial charge in [-0.3, -0.25) is 4.98 Å². The van der Waals surface area contributed by atoms with Gasteiger partial charge in [-0.05, 0) is 25.6 Å². The van der Waals surface area contributed by atoms with Crippen LogP contribution in [0, 0.1) is 6.92 Å². The Morgan fingerprint density at radius 3 is 3.07 bits per heavy atom. The Balaban J connectivity index is 2.33. The van der Waals surface area contributed by atoms with Gasteiger partial charge in [0.25, 0.3) is 5.89 Å². The molecule has 0 aliphatic heterocycles. The molecule has 78 valence electrons. The predicted octanol–water partition coefficient (Wildman–Crippen LogP) is 0.941. The minimum absolute atomic E-state index is 0.504. The molecule has 0 bridgehead atoms. The minimum Gasteiger partial charge on any atom is -0.334 e. The predicted molar refractivity (Wildman–Crippen MR) is 55.0 cm³/mol. The summed E-state index contributed by atoms with van der Waals surface area (Å²) in [7, 11) is 0. The zero-order valence-corrected chi connectivity index (χ0v) is 8.47. The number of hydrogen-bond donors (Lipinski definition) is 1. The molecule has 0 saturated carbocycles. The van der Waals surface area contributed by atoms with Crippen molar-refractivity contribution >= 4 is 0 Å². The van der Waals surface area contributed by atoms with Crippen molar-refractivity contribution in [3.8, 4) is 11.5 Å². The lowest BCUT2D eigenvalue weighted by molar-refractivity contribution is 0.422. The van der Waals surface area contributed by atoms with Gasteiger partial charge in [-0.2, -0.15) is 4.98 Å². The zero-order valence-electron chi connectivity index (χ0n) is 8.47. The van der Waals surface area contributed by atoms with Crippen LogP contribution < -0.4 is 5.73 Å². The topological polar surface area (TPSA) is 77.8 Å². The number of pyridine rings is 1. The summed E-state index contributed by atoms with van der Waals surface area (Å²) < 4.78 is 5.13. The van der Waals surface area contributed by atoms with Gasteiger partial charge in [0.15, 0.2) is 5.82 Å². The molecule has 0 fully saturated rings. The van der Waals surface area contributed by atoms with Crippen LogP contribution in [-0.2, 0) is 6.42 Å². The first kappa shape index (κ1) is 9.79. The number of aryl methyl sites for hydroxylation is 1. The Labute approximate surface area is 87.3 Å². The van der Waals surface area contributed by atoms with Crippen LogP contribution in [0.5, 0.6) is 0 Å². The average molecular weight is 204 g/mol. The second-order valence-electron chi connectivity index (χ2n) is 3.19. The molecule has 2 aromatic heterocycles. The molecule has 0 aromatic carbocycles. The van der Waals surface area contributed by atoms with Crippen LogP contribution in [-0.4, -0.2) is 21.7 Å². The Morgan fingerprint density at radius 2 is 2.33 bits per heavy atom. The van der Waals surface area contributed by atoms with Crippen LogP contribution in [0.25, 0.3) is 11.5 Å². The molecule has 2 heterocycles. The van der Waals surface area contributed by atoms with Gasteiger partial charge in [0.1, 0.15) is 0 Å². The summed E-state index contributed by atoms with van der Waals surface area (Å²) in [6.45, 7) is 2.42. The number of hydrogen-bond acceptors (Lipinski definition) is 5. The van der Waals surface area contributed by atoms with Crippen molar-refractivity contribution < 1.29 is 4.52 Å². The minimum atomic E-state index is 0.504. The Hall–Kier alpha value is -1.75. The molecule has 0 amide bonds. The molecule has 0 saturated heterocycles. The fraction of sp³-hybridized carbons (Fsp3) is 0.300. The maximum absolute atomic E-state index is 5.40. The van der Waals surface area contributed by atoms with E-state index in [4.69, 9.17) is 10.3 Å². The molecule has 15 heavy (non-hydrogen) atoms.